The highest BCUT2D eigenvalue weighted by Crippen LogP contribution is 2.56. The van der Waals surface area contributed by atoms with E-state index in [4.69, 9.17) is 30.6 Å². The van der Waals surface area contributed by atoms with Gasteiger partial charge < -0.3 is 39.1 Å². The molecule has 3 aromatic rings. The number of nitrogens with zero attached hydrogens (tertiary/aromatic N) is 5. The van der Waals surface area contributed by atoms with E-state index in [1.54, 1.807) is 0 Å². The van der Waals surface area contributed by atoms with E-state index in [0.29, 0.717) is 17.3 Å². The molecule has 1 aromatic carbocycles. The van der Waals surface area contributed by atoms with Gasteiger partial charge in [0.05, 0.1) is 12.9 Å². The van der Waals surface area contributed by atoms with Gasteiger partial charge in [0.2, 0.25) is 5.28 Å². The fraction of sp³-hybridized carbons (Fsp3) is 0.577. The maximum absolute atomic E-state index is 12.1. The van der Waals surface area contributed by atoms with E-state index in [2.05, 4.69) is 44.1 Å². The van der Waals surface area contributed by atoms with E-state index >= 15 is 0 Å². The highest BCUT2D eigenvalue weighted by atomic mass is 35.5. The fourth-order valence-electron chi connectivity index (χ4n) is 6.88. The van der Waals surface area contributed by atoms with E-state index in [1.165, 1.54) is 35.7 Å². The molecule has 43 heavy (non-hydrogen) atoms. The van der Waals surface area contributed by atoms with Crippen molar-refractivity contribution in [1.29, 1.82) is 0 Å². The Morgan fingerprint density at radius 2 is 1.77 bits per heavy atom. The minimum absolute atomic E-state index is 0.0309. The van der Waals surface area contributed by atoms with Crippen LogP contribution in [-0.4, -0.2) is 88.3 Å². The minimum atomic E-state index is -4.84. The van der Waals surface area contributed by atoms with Crippen molar-refractivity contribution in [2.24, 2.45) is 5.41 Å². The zero-order chi connectivity index (χ0) is 30.6. The maximum atomic E-state index is 12.1. The number of halogens is 1. The number of imidazole rings is 1. The fourth-order valence-corrected chi connectivity index (χ4v) is 9.61. The Morgan fingerprint density at radius 1 is 1.05 bits per heavy atom. The number of aliphatic hydroxyl groups is 2. The van der Waals surface area contributed by atoms with Crippen LogP contribution in [0.5, 0.6) is 0 Å². The summed E-state index contributed by atoms with van der Waals surface area (Å²) in [4.78, 5) is 43.5. The van der Waals surface area contributed by atoms with E-state index in [9.17, 15) is 24.2 Å². The summed E-state index contributed by atoms with van der Waals surface area (Å²) in [7, 11) is -9.54. The highest BCUT2D eigenvalue weighted by molar-refractivity contribution is 7.70. The van der Waals surface area contributed by atoms with E-state index in [0.717, 1.165) is 25.9 Å². The van der Waals surface area contributed by atoms with Crippen LogP contribution in [0, 0.1) is 5.41 Å². The molecule has 3 aliphatic rings. The van der Waals surface area contributed by atoms with Crippen molar-refractivity contribution in [3.05, 3.63) is 47.5 Å². The standard InChI is InChI=1S/C26H34ClN5O9P2/c27-25-29-22(31-11-17(16-7-3-1-4-8-16)26(13-31)9-5-2-6-10-26)19-23(30-25)32(14-28-19)24-21(34)20(33)18(41-24)12-40-43(38,39)15-42(35,36)37/h1,3-4,7-8,14,17-18,20-21,24,33-34H,2,5-6,9-13,15H2,(H,38,39)(H2,35,36,37)/t17?,18-,20?,21+,24-/m1/s1. The summed E-state index contributed by atoms with van der Waals surface area (Å²) in [6.07, 6.45) is 1.61. The predicted octanol–water partition coefficient (Wildman–Crippen LogP) is 2.99. The normalized spacial score (nSPS) is 29.0. The lowest BCUT2D eigenvalue weighted by Crippen LogP contribution is -2.33. The molecular weight excluding hydrogens is 624 g/mol. The van der Waals surface area contributed by atoms with Crippen LogP contribution in [0.25, 0.3) is 11.2 Å². The molecule has 2 aromatic heterocycles. The van der Waals surface area contributed by atoms with Gasteiger partial charge in [-0.2, -0.15) is 9.97 Å². The molecule has 0 radical (unpaired) electrons. The van der Waals surface area contributed by atoms with Gasteiger partial charge in [0.15, 0.2) is 29.1 Å². The largest absolute Gasteiger partial charge is 0.387 e. The Kier molecular flexibility index (Phi) is 8.49. The average molecular weight is 658 g/mol. The molecule has 1 spiro atoms. The molecule has 2 aliphatic heterocycles. The Labute approximate surface area is 252 Å². The third-order valence-corrected chi connectivity index (χ3v) is 12.4. The number of aliphatic hydroxyl groups excluding tert-OH is 2. The molecular formula is C26H34ClN5O9P2. The third kappa shape index (κ3) is 6.28. The molecule has 0 amide bonds. The van der Waals surface area contributed by atoms with Crippen LogP contribution in [0.2, 0.25) is 5.28 Å². The molecule has 17 heteroatoms. The number of rotatable bonds is 8. The lowest BCUT2D eigenvalue weighted by atomic mass is 9.66. The van der Waals surface area contributed by atoms with Crippen LogP contribution >= 0.6 is 26.8 Å². The second-order valence-electron chi connectivity index (χ2n) is 11.7. The van der Waals surface area contributed by atoms with Gasteiger partial charge >= 0.3 is 15.2 Å². The maximum Gasteiger partial charge on any atom is 0.340 e. The van der Waals surface area contributed by atoms with Crippen LogP contribution in [0.1, 0.15) is 49.8 Å². The third-order valence-electron chi connectivity index (χ3n) is 8.79. The van der Waals surface area contributed by atoms with Gasteiger partial charge in [-0.3, -0.25) is 13.7 Å². The SMILES string of the molecule is O=P(O)(O)CP(=O)(O)OC[C@H]1O[C@@H](n2cnc3c(N4CC(c5ccccc5)C5(CCCCC5)C4)nc(Cl)nc32)[C@@H](O)C1O. The van der Waals surface area contributed by atoms with Gasteiger partial charge in [-0.1, -0.05) is 49.6 Å². The van der Waals surface area contributed by atoms with Crippen molar-refractivity contribution in [3.63, 3.8) is 0 Å². The van der Waals surface area contributed by atoms with Crippen LogP contribution in [0.4, 0.5) is 5.82 Å². The van der Waals surface area contributed by atoms with Crippen LogP contribution in [-0.2, 0) is 18.4 Å². The monoisotopic (exact) mass is 657 g/mol. The van der Waals surface area contributed by atoms with Gasteiger partial charge in [0.1, 0.15) is 18.3 Å². The number of hydrogen-bond acceptors (Lipinski definition) is 10. The van der Waals surface area contributed by atoms with Crippen molar-refractivity contribution < 1.29 is 43.3 Å². The van der Waals surface area contributed by atoms with Crippen molar-refractivity contribution in [1.82, 2.24) is 19.5 Å². The lowest BCUT2D eigenvalue weighted by Gasteiger charge is -2.38. The summed E-state index contributed by atoms with van der Waals surface area (Å²) < 4.78 is 35.2. The predicted molar refractivity (Wildman–Crippen MR) is 156 cm³/mol. The highest BCUT2D eigenvalue weighted by Gasteiger charge is 2.49. The van der Waals surface area contributed by atoms with Crippen molar-refractivity contribution in [2.45, 2.75) is 62.6 Å². The molecule has 1 aliphatic carbocycles. The summed E-state index contributed by atoms with van der Waals surface area (Å²) in [5.41, 5.74) is 2.07. The van der Waals surface area contributed by atoms with Gasteiger partial charge in [-0.25, -0.2) is 4.98 Å². The van der Waals surface area contributed by atoms with E-state index in [-0.39, 0.29) is 16.3 Å². The molecule has 6 rings (SSSR count). The molecule has 3 fully saturated rings. The first-order valence-corrected chi connectivity index (χ1v) is 18.0. The average Bonchev–Trinajstić information content (AvgIpc) is 3.61. The first-order chi connectivity index (χ1) is 20.4. The molecule has 6 atom stereocenters. The molecule has 5 N–H and O–H groups in total. The Balaban J connectivity index is 1.27. The van der Waals surface area contributed by atoms with Crippen molar-refractivity contribution in [3.8, 4) is 0 Å². The quantitative estimate of drug-likeness (QED) is 0.175. The molecule has 3 unspecified atom stereocenters. The van der Waals surface area contributed by atoms with Gasteiger partial charge in [-0.05, 0) is 35.4 Å². The molecule has 14 nitrogen and oxygen atoms in total. The van der Waals surface area contributed by atoms with Crippen molar-refractivity contribution in [2.75, 3.05) is 30.5 Å². The second kappa shape index (κ2) is 11.8. The van der Waals surface area contributed by atoms with Gasteiger partial charge in [0.25, 0.3) is 0 Å². The summed E-state index contributed by atoms with van der Waals surface area (Å²) in [6, 6.07) is 10.5. The number of aromatic nitrogens is 4. The summed E-state index contributed by atoms with van der Waals surface area (Å²) in [6.45, 7) is 0.793. The molecule has 1 saturated carbocycles. The Hall–Kier alpha value is -1.96. The van der Waals surface area contributed by atoms with Crippen LogP contribution in [0.15, 0.2) is 36.7 Å². The minimum Gasteiger partial charge on any atom is -0.387 e. The first-order valence-electron chi connectivity index (χ1n) is 14.1. The summed E-state index contributed by atoms with van der Waals surface area (Å²) >= 11 is 6.43. The topological polar surface area (TPSA) is 201 Å². The van der Waals surface area contributed by atoms with Gasteiger partial charge in [-0.15, -0.1) is 0 Å². The number of benzene rings is 1. The lowest BCUT2D eigenvalue weighted by molar-refractivity contribution is -0.0483. The van der Waals surface area contributed by atoms with Crippen molar-refractivity contribution >= 4 is 43.8 Å². The Morgan fingerprint density at radius 3 is 2.47 bits per heavy atom. The molecule has 0 bridgehead atoms. The molecule has 234 valence electrons. The van der Waals surface area contributed by atoms with E-state index < -0.39 is 52.2 Å². The zero-order valence-electron chi connectivity index (χ0n) is 23.1. The number of hydrogen-bond donors (Lipinski definition) is 5. The smallest absolute Gasteiger partial charge is 0.340 e. The van der Waals surface area contributed by atoms with Crippen LogP contribution in [0.3, 0.4) is 0 Å². The first kappa shape index (κ1) is 31.0. The Bertz CT molecular complexity index is 1570. The molecule has 4 heterocycles. The number of fused-ring (bicyclic) bond motifs is 1. The number of ether oxygens (including phenoxy) is 1. The number of anilines is 1. The summed E-state index contributed by atoms with van der Waals surface area (Å²) in [5.74, 6) is -0.533. The summed E-state index contributed by atoms with van der Waals surface area (Å²) in [5, 5.41) is 21.4. The zero-order valence-corrected chi connectivity index (χ0v) is 25.6. The second-order valence-corrected chi connectivity index (χ2v) is 16.0. The molecule has 2 saturated heterocycles. The van der Waals surface area contributed by atoms with E-state index in [1.807, 2.05) is 6.07 Å². The van der Waals surface area contributed by atoms with Crippen LogP contribution < -0.4 is 4.90 Å². The van der Waals surface area contributed by atoms with Gasteiger partial charge in [0, 0.05) is 19.0 Å².